The molecule has 0 radical (unpaired) electrons. The molecule has 18 heavy (non-hydrogen) atoms. The second kappa shape index (κ2) is 5.42. The van der Waals surface area contributed by atoms with E-state index < -0.39 is 6.36 Å². The second-order valence-electron chi connectivity index (χ2n) is 4.40. The largest absolute Gasteiger partial charge is 0.573 e. The van der Waals surface area contributed by atoms with E-state index in [-0.39, 0.29) is 23.4 Å². The van der Waals surface area contributed by atoms with Gasteiger partial charge in [0.25, 0.3) is 0 Å². The minimum Gasteiger partial charge on any atom is -0.406 e. The van der Waals surface area contributed by atoms with Crippen molar-refractivity contribution in [3.05, 3.63) is 29.8 Å². The smallest absolute Gasteiger partial charge is 0.406 e. The third-order valence-electron chi connectivity index (χ3n) is 2.61. The number of hydrogen-bond acceptors (Lipinski definition) is 2. The molecule has 1 rings (SSSR count). The summed E-state index contributed by atoms with van der Waals surface area (Å²) < 4.78 is 39.6. The van der Waals surface area contributed by atoms with Gasteiger partial charge in [-0.1, -0.05) is 32.9 Å². The van der Waals surface area contributed by atoms with Crippen LogP contribution in [-0.2, 0) is 4.79 Å². The fourth-order valence-electron chi connectivity index (χ4n) is 1.62. The van der Waals surface area contributed by atoms with Gasteiger partial charge in [0.05, 0.1) is 0 Å². The molecule has 0 spiro atoms. The van der Waals surface area contributed by atoms with Crippen LogP contribution in [0, 0.1) is 5.92 Å². The maximum Gasteiger partial charge on any atom is 0.573 e. The van der Waals surface area contributed by atoms with Gasteiger partial charge in [-0.25, -0.2) is 0 Å². The van der Waals surface area contributed by atoms with E-state index in [9.17, 15) is 18.0 Å². The average molecular weight is 260 g/mol. The van der Waals surface area contributed by atoms with E-state index in [1.807, 2.05) is 0 Å². The Kier molecular flexibility index (Phi) is 4.38. The van der Waals surface area contributed by atoms with Gasteiger partial charge in [-0.2, -0.15) is 0 Å². The van der Waals surface area contributed by atoms with Crippen LogP contribution < -0.4 is 4.74 Å². The molecule has 2 nitrogen and oxygen atoms in total. The highest BCUT2D eigenvalue weighted by Gasteiger charge is 2.31. The van der Waals surface area contributed by atoms with Crippen LogP contribution in [-0.4, -0.2) is 12.1 Å². The Morgan fingerprint density at radius 3 is 2.00 bits per heavy atom. The summed E-state index contributed by atoms with van der Waals surface area (Å²) in [6.07, 6.45) is -4.69. The molecule has 0 aliphatic heterocycles. The maximum absolute atomic E-state index is 12.0. The van der Waals surface area contributed by atoms with Crippen molar-refractivity contribution in [2.45, 2.75) is 33.1 Å². The molecule has 0 N–H and O–H groups in total. The minimum absolute atomic E-state index is 0.0551. The first-order chi connectivity index (χ1) is 8.20. The van der Waals surface area contributed by atoms with Crippen molar-refractivity contribution in [2.75, 3.05) is 0 Å². The molecule has 0 amide bonds. The van der Waals surface area contributed by atoms with Crippen LogP contribution in [0.3, 0.4) is 0 Å². The van der Waals surface area contributed by atoms with E-state index in [1.165, 1.54) is 24.3 Å². The van der Waals surface area contributed by atoms with Crippen LogP contribution in [0.1, 0.15) is 32.3 Å². The number of alkyl halides is 3. The number of benzene rings is 1. The molecular formula is C13H15F3O2. The Balaban J connectivity index is 2.80. The molecule has 1 aromatic rings. The highest BCUT2D eigenvalue weighted by molar-refractivity contribution is 5.86. The molecule has 0 aromatic heterocycles. The quantitative estimate of drug-likeness (QED) is 0.820. The number of carbonyl (C=O) groups is 1. The summed E-state index contributed by atoms with van der Waals surface area (Å²) in [6, 6.07) is 5.39. The highest BCUT2D eigenvalue weighted by atomic mass is 19.4. The molecule has 1 unspecified atom stereocenters. The highest BCUT2D eigenvalue weighted by Crippen LogP contribution is 2.26. The first kappa shape index (κ1) is 14.5. The van der Waals surface area contributed by atoms with Gasteiger partial charge in [0.1, 0.15) is 11.5 Å². The fourth-order valence-corrected chi connectivity index (χ4v) is 1.62. The molecular weight excluding hydrogens is 245 g/mol. The van der Waals surface area contributed by atoms with Crippen LogP contribution >= 0.6 is 0 Å². The van der Waals surface area contributed by atoms with Gasteiger partial charge >= 0.3 is 6.36 Å². The van der Waals surface area contributed by atoms with Gasteiger partial charge in [-0.3, -0.25) is 4.79 Å². The van der Waals surface area contributed by atoms with Crippen molar-refractivity contribution in [2.24, 2.45) is 5.92 Å². The summed E-state index contributed by atoms with van der Waals surface area (Å²) in [5, 5.41) is 0. The third kappa shape index (κ3) is 4.05. The molecule has 0 saturated carbocycles. The van der Waals surface area contributed by atoms with E-state index >= 15 is 0 Å². The van der Waals surface area contributed by atoms with Crippen LogP contribution in [0.2, 0.25) is 0 Å². The molecule has 0 saturated heterocycles. The van der Waals surface area contributed by atoms with Gasteiger partial charge < -0.3 is 4.74 Å². The van der Waals surface area contributed by atoms with Crippen molar-refractivity contribution in [1.29, 1.82) is 0 Å². The van der Waals surface area contributed by atoms with Crippen molar-refractivity contribution < 1.29 is 22.7 Å². The predicted molar refractivity (Wildman–Crippen MR) is 61.4 cm³/mol. The molecule has 100 valence electrons. The molecule has 5 heteroatoms. The van der Waals surface area contributed by atoms with Crippen LogP contribution in [0.25, 0.3) is 0 Å². The zero-order chi connectivity index (χ0) is 13.9. The van der Waals surface area contributed by atoms with Gasteiger partial charge in [-0.15, -0.1) is 13.2 Å². The Morgan fingerprint density at radius 1 is 1.11 bits per heavy atom. The maximum atomic E-state index is 12.0. The molecule has 1 atom stereocenters. The number of ketones is 1. The van der Waals surface area contributed by atoms with E-state index in [1.54, 1.807) is 20.8 Å². The molecule has 0 bridgehead atoms. The first-order valence-corrected chi connectivity index (χ1v) is 5.60. The second-order valence-corrected chi connectivity index (χ2v) is 4.40. The van der Waals surface area contributed by atoms with Crippen molar-refractivity contribution in [3.63, 3.8) is 0 Å². The Bertz CT molecular complexity index is 407. The first-order valence-electron chi connectivity index (χ1n) is 5.60. The fraction of sp³-hybridized carbons (Fsp3) is 0.462. The molecule has 0 fully saturated rings. The number of halogens is 3. The van der Waals surface area contributed by atoms with E-state index in [2.05, 4.69) is 4.74 Å². The lowest BCUT2D eigenvalue weighted by Crippen LogP contribution is -2.17. The van der Waals surface area contributed by atoms with E-state index in [0.29, 0.717) is 5.56 Å². The minimum atomic E-state index is -4.69. The third-order valence-corrected chi connectivity index (χ3v) is 2.61. The normalized spacial score (nSPS) is 13.5. The zero-order valence-electron chi connectivity index (χ0n) is 10.4. The summed E-state index contributed by atoms with van der Waals surface area (Å²) >= 11 is 0. The molecule has 0 aliphatic rings. The van der Waals surface area contributed by atoms with Crippen molar-refractivity contribution in [1.82, 2.24) is 0 Å². The number of carbonyl (C=O) groups excluding carboxylic acids is 1. The van der Waals surface area contributed by atoms with Gasteiger partial charge in [0.15, 0.2) is 0 Å². The standard InChI is InChI=1S/C13H15F3O2/c1-8(2)12(17)9(3)10-4-6-11(7-5-10)18-13(14,15)16/h4-9H,1-3H3. The lowest BCUT2D eigenvalue weighted by atomic mass is 9.90. The van der Waals surface area contributed by atoms with Gasteiger partial charge in [0.2, 0.25) is 0 Å². The molecule has 0 aliphatic carbocycles. The molecule has 0 heterocycles. The topological polar surface area (TPSA) is 26.3 Å². The average Bonchev–Trinajstić information content (AvgIpc) is 2.26. The SMILES string of the molecule is CC(C)C(=O)C(C)c1ccc(OC(F)(F)F)cc1. The van der Waals surface area contributed by atoms with E-state index in [0.717, 1.165) is 0 Å². The van der Waals surface area contributed by atoms with Crippen LogP contribution in [0.4, 0.5) is 13.2 Å². The summed E-state index contributed by atoms with van der Waals surface area (Å²) in [5.74, 6) is -0.661. The van der Waals surface area contributed by atoms with Gasteiger partial charge in [0, 0.05) is 11.8 Å². The summed E-state index contributed by atoms with van der Waals surface area (Å²) in [5.41, 5.74) is 0.684. The summed E-state index contributed by atoms with van der Waals surface area (Å²) in [7, 11) is 0. The number of Topliss-reactive ketones (excluding diaryl/α,β-unsaturated/α-hetero) is 1. The predicted octanol–water partition coefficient (Wildman–Crippen LogP) is 3.91. The van der Waals surface area contributed by atoms with E-state index in [4.69, 9.17) is 0 Å². The Morgan fingerprint density at radius 2 is 1.61 bits per heavy atom. The summed E-state index contributed by atoms with van der Waals surface area (Å²) in [6.45, 7) is 5.32. The summed E-state index contributed by atoms with van der Waals surface area (Å²) in [4.78, 5) is 11.7. The Labute approximate surface area is 104 Å². The molecule has 1 aromatic carbocycles. The Hall–Kier alpha value is -1.52. The zero-order valence-corrected chi connectivity index (χ0v) is 10.4. The lowest BCUT2D eigenvalue weighted by Gasteiger charge is -2.14. The van der Waals surface area contributed by atoms with Crippen molar-refractivity contribution >= 4 is 5.78 Å². The van der Waals surface area contributed by atoms with Crippen LogP contribution in [0.15, 0.2) is 24.3 Å². The lowest BCUT2D eigenvalue weighted by molar-refractivity contribution is -0.274. The van der Waals surface area contributed by atoms with Gasteiger partial charge in [-0.05, 0) is 17.7 Å². The monoisotopic (exact) mass is 260 g/mol. The van der Waals surface area contributed by atoms with Crippen LogP contribution in [0.5, 0.6) is 5.75 Å². The number of hydrogen-bond donors (Lipinski definition) is 0. The number of rotatable bonds is 4. The van der Waals surface area contributed by atoms with Crippen molar-refractivity contribution in [3.8, 4) is 5.75 Å². The number of ether oxygens (including phenoxy) is 1.